The number of oxazole rings is 1. The molecule has 0 saturated carbocycles. The van der Waals surface area contributed by atoms with Gasteiger partial charge in [0.2, 0.25) is 5.89 Å². The standard InChI is InChI=1S/C27H21BrN2O3/c1-2-3-7-22-25(20-6-4-5-8-21(20)32-22)27-30-16-24(33-27)18-9-11-19-17(15-18)10-12-23(26(19)28)31-14-13-29/h4-6,8-12,15-16H,2-3,7,14H2,1H3. The van der Waals surface area contributed by atoms with Gasteiger partial charge in [0.15, 0.2) is 12.4 Å². The summed E-state index contributed by atoms with van der Waals surface area (Å²) in [6.07, 6.45) is 4.74. The first-order valence-electron chi connectivity index (χ1n) is 10.9. The fourth-order valence-corrected chi connectivity index (χ4v) is 4.62. The van der Waals surface area contributed by atoms with Gasteiger partial charge in [-0.25, -0.2) is 4.98 Å². The Morgan fingerprint density at radius 1 is 1.06 bits per heavy atom. The van der Waals surface area contributed by atoms with Crippen LogP contribution in [-0.2, 0) is 6.42 Å². The third kappa shape index (κ3) is 4.01. The highest BCUT2D eigenvalue weighted by atomic mass is 79.9. The summed E-state index contributed by atoms with van der Waals surface area (Å²) in [5.74, 6) is 2.83. The number of halogens is 1. The number of furan rings is 1. The van der Waals surface area contributed by atoms with E-state index in [-0.39, 0.29) is 6.61 Å². The number of aromatic nitrogens is 1. The molecule has 0 aliphatic carbocycles. The van der Waals surface area contributed by atoms with E-state index in [1.54, 1.807) is 6.20 Å². The molecule has 5 aromatic rings. The van der Waals surface area contributed by atoms with Crippen molar-refractivity contribution in [3.63, 3.8) is 0 Å². The predicted molar refractivity (Wildman–Crippen MR) is 132 cm³/mol. The van der Waals surface area contributed by atoms with Crippen LogP contribution in [0.5, 0.6) is 5.75 Å². The zero-order chi connectivity index (χ0) is 22.8. The molecule has 0 bridgehead atoms. The average Bonchev–Trinajstić information content (AvgIpc) is 3.46. The van der Waals surface area contributed by atoms with Gasteiger partial charge in [0.1, 0.15) is 23.2 Å². The van der Waals surface area contributed by atoms with Crippen LogP contribution in [0.1, 0.15) is 25.5 Å². The maximum absolute atomic E-state index is 8.77. The predicted octanol–water partition coefficient (Wildman–Crippen LogP) is 7.92. The van der Waals surface area contributed by atoms with Crippen molar-refractivity contribution in [3.8, 4) is 34.6 Å². The lowest BCUT2D eigenvalue weighted by molar-refractivity contribution is 0.366. The molecule has 0 amide bonds. The summed E-state index contributed by atoms with van der Waals surface area (Å²) in [6.45, 7) is 2.17. The lowest BCUT2D eigenvalue weighted by atomic mass is 10.1. The second-order valence-electron chi connectivity index (χ2n) is 7.79. The summed E-state index contributed by atoms with van der Waals surface area (Å²) in [4.78, 5) is 4.61. The molecule has 0 saturated heterocycles. The number of nitrogens with zero attached hydrogens (tertiary/aromatic N) is 2. The van der Waals surface area contributed by atoms with Crippen LogP contribution in [0.4, 0.5) is 0 Å². The lowest BCUT2D eigenvalue weighted by Crippen LogP contribution is -1.94. The molecule has 0 aliphatic heterocycles. The third-order valence-corrected chi connectivity index (χ3v) is 6.46. The Labute approximate surface area is 199 Å². The van der Waals surface area contributed by atoms with Crippen molar-refractivity contribution < 1.29 is 13.6 Å². The summed E-state index contributed by atoms with van der Waals surface area (Å²) < 4.78 is 18.7. The number of hydrogen-bond acceptors (Lipinski definition) is 5. The minimum absolute atomic E-state index is 0.00592. The fourth-order valence-electron chi connectivity index (χ4n) is 4.01. The molecule has 0 atom stereocenters. The van der Waals surface area contributed by atoms with Gasteiger partial charge in [0.25, 0.3) is 0 Å². The number of aryl methyl sites for hydroxylation is 1. The molecule has 2 aromatic heterocycles. The van der Waals surface area contributed by atoms with E-state index >= 15 is 0 Å². The van der Waals surface area contributed by atoms with E-state index in [0.29, 0.717) is 17.4 Å². The largest absolute Gasteiger partial charge is 0.478 e. The Bertz CT molecular complexity index is 1490. The Morgan fingerprint density at radius 3 is 2.79 bits per heavy atom. The first-order valence-corrected chi connectivity index (χ1v) is 11.7. The van der Waals surface area contributed by atoms with Crippen molar-refractivity contribution in [2.24, 2.45) is 0 Å². The van der Waals surface area contributed by atoms with E-state index in [9.17, 15) is 0 Å². The maximum atomic E-state index is 8.77. The van der Waals surface area contributed by atoms with Gasteiger partial charge in [-0.3, -0.25) is 0 Å². The van der Waals surface area contributed by atoms with E-state index < -0.39 is 0 Å². The van der Waals surface area contributed by atoms with Crippen LogP contribution in [0.25, 0.3) is 44.5 Å². The summed E-state index contributed by atoms with van der Waals surface area (Å²) in [5.41, 5.74) is 2.72. The van der Waals surface area contributed by atoms with Gasteiger partial charge >= 0.3 is 0 Å². The molecule has 5 rings (SSSR count). The number of ether oxygens (including phenoxy) is 1. The molecule has 164 valence electrons. The molecule has 0 fully saturated rings. The topological polar surface area (TPSA) is 72.2 Å². The monoisotopic (exact) mass is 500 g/mol. The minimum Gasteiger partial charge on any atom is -0.478 e. The van der Waals surface area contributed by atoms with Crippen LogP contribution in [0.15, 0.2) is 74.1 Å². The SMILES string of the molecule is CCCCc1oc2ccccc2c1-c1ncc(-c2ccc3c(Br)c(OCC#N)ccc3c2)o1. The smallest absolute Gasteiger partial charge is 0.230 e. The quantitative estimate of drug-likeness (QED) is 0.227. The number of unbranched alkanes of at least 4 members (excludes halogenated alkanes) is 1. The van der Waals surface area contributed by atoms with Crippen LogP contribution in [0.3, 0.4) is 0 Å². The molecular weight excluding hydrogens is 480 g/mol. The Kier molecular flexibility index (Phi) is 5.89. The first kappa shape index (κ1) is 21.3. The van der Waals surface area contributed by atoms with Crippen LogP contribution in [0.2, 0.25) is 0 Å². The van der Waals surface area contributed by atoms with Gasteiger partial charge in [0, 0.05) is 17.4 Å². The first-order chi connectivity index (χ1) is 16.2. The van der Waals surface area contributed by atoms with Crippen molar-refractivity contribution in [1.82, 2.24) is 4.98 Å². The second kappa shape index (κ2) is 9.13. The lowest BCUT2D eigenvalue weighted by Gasteiger charge is -2.08. The minimum atomic E-state index is 0.00592. The van der Waals surface area contributed by atoms with Gasteiger partial charge in [-0.15, -0.1) is 0 Å². The zero-order valence-electron chi connectivity index (χ0n) is 18.1. The number of benzene rings is 3. The van der Waals surface area contributed by atoms with Gasteiger partial charge in [-0.2, -0.15) is 5.26 Å². The normalized spacial score (nSPS) is 11.2. The van der Waals surface area contributed by atoms with Gasteiger partial charge in [-0.1, -0.05) is 49.7 Å². The molecular formula is C27H21BrN2O3. The highest BCUT2D eigenvalue weighted by Gasteiger charge is 2.20. The Balaban J connectivity index is 1.53. The average molecular weight is 501 g/mol. The van der Waals surface area contributed by atoms with Crippen molar-refractivity contribution in [2.75, 3.05) is 6.61 Å². The van der Waals surface area contributed by atoms with Crippen molar-refractivity contribution in [1.29, 1.82) is 5.26 Å². The maximum Gasteiger partial charge on any atom is 0.230 e. The van der Waals surface area contributed by atoms with Gasteiger partial charge in [-0.05, 0) is 51.3 Å². The van der Waals surface area contributed by atoms with E-state index in [1.807, 2.05) is 54.6 Å². The Hall–Kier alpha value is -3.56. The summed E-state index contributed by atoms with van der Waals surface area (Å²) in [7, 11) is 0. The van der Waals surface area contributed by atoms with E-state index in [0.717, 1.165) is 62.4 Å². The highest BCUT2D eigenvalue weighted by Crippen LogP contribution is 2.38. The van der Waals surface area contributed by atoms with Crippen LogP contribution < -0.4 is 4.74 Å². The molecule has 2 heterocycles. The van der Waals surface area contributed by atoms with Crippen molar-refractivity contribution in [3.05, 3.63) is 71.0 Å². The van der Waals surface area contributed by atoms with Crippen LogP contribution >= 0.6 is 15.9 Å². The fraction of sp³-hybridized carbons (Fsp3) is 0.185. The van der Waals surface area contributed by atoms with Crippen LogP contribution in [0, 0.1) is 11.3 Å². The summed E-state index contributed by atoms with van der Waals surface area (Å²) in [5, 5.41) is 11.8. The van der Waals surface area contributed by atoms with Gasteiger partial charge in [0.05, 0.1) is 16.2 Å². The number of fused-ring (bicyclic) bond motifs is 2. The number of hydrogen-bond donors (Lipinski definition) is 0. The van der Waals surface area contributed by atoms with Gasteiger partial charge < -0.3 is 13.6 Å². The molecule has 5 nitrogen and oxygen atoms in total. The zero-order valence-corrected chi connectivity index (χ0v) is 19.7. The molecule has 0 unspecified atom stereocenters. The molecule has 3 aromatic carbocycles. The summed E-state index contributed by atoms with van der Waals surface area (Å²) in [6, 6.07) is 19.9. The van der Waals surface area contributed by atoms with Crippen LogP contribution in [-0.4, -0.2) is 11.6 Å². The van der Waals surface area contributed by atoms with E-state index in [4.69, 9.17) is 18.8 Å². The van der Waals surface area contributed by atoms with E-state index in [2.05, 4.69) is 33.9 Å². The Morgan fingerprint density at radius 2 is 1.94 bits per heavy atom. The third-order valence-electron chi connectivity index (χ3n) is 5.64. The van der Waals surface area contributed by atoms with E-state index in [1.165, 1.54) is 0 Å². The molecule has 6 heteroatoms. The second-order valence-corrected chi connectivity index (χ2v) is 8.58. The summed E-state index contributed by atoms with van der Waals surface area (Å²) >= 11 is 3.59. The highest BCUT2D eigenvalue weighted by molar-refractivity contribution is 9.10. The number of para-hydroxylation sites is 1. The molecule has 0 N–H and O–H groups in total. The molecule has 0 spiro atoms. The molecule has 0 aliphatic rings. The van der Waals surface area contributed by atoms with Crippen molar-refractivity contribution in [2.45, 2.75) is 26.2 Å². The molecule has 0 radical (unpaired) electrons. The molecule has 33 heavy (non-hydrogen) atoms. The number of nitriles is 1. The van der Waals surface area contributed by atoms with Crippen molar-refractivity contribution >= 4 is 37.7 Å². The number of rotatable bonds is 7.